The zero-order chi connectivity index (χ0) is 17.6. The molecule has 8 nitrogen and oxygen atoms in total. The SMILES string of the molecule is COCC(NC(=NCc1nnc(C)n1C)NCC1CCCO1)C1CC1. The molecule has 0 radical (unpaired) electrons. The molecular formula is C17H30N6O2. The van der Waals surface area contributed by atoms with Crippen LogP contribution in [-0.2, 0) is 23.1 Å². The molecule has 0 aromatic carbocycles. The van der Waals surface area contributed by atoms with Gasteiger partial charge in [0.2, 0.25) is 0 Å². The van der Waals surface area contributed by atoms with Crippen molar-refractivity contribution in [2.75, 3.05) is 26.9 Å². The average Bonchev–Trinajstić information content (AvgIpc) is 3.24. The van der Waals surface area contributed by atoms with E-state index in [1.807, 2.05) is 18.5 Å². The molecule has 2 N–H and O–H groups in total. The number of aromatic nitrogens is 3. The molecule has 1 aliphatic heterocycles. The van der Waals surface area contributed by atoms with Crippen LogP contribution in [0.5, 0.6) is 0 Å². The highest BCUT2D eigenvalue weighted by Crippen LogP contribution is 2.32. The maximum atomic E-state index is 5.70. The first-order valence-electron chi connectivity index (χ1n) is 9.17. The Morgan fingerprint density at radius 3 is 2.84 bits per heavy atom. The van der Waals surface area contributed by atoms with Gasteiger partial charge in [0.25, 0.3) is 0 Å². The van der Waals surface area contributed by atoms with Crippen LogP contribution in [0.3, 0.4) is 0 Å². The van der Waals surface area contributed by atoms with E-state index in [1.54, 1.807) is 7.11 Å². The van der Waals surface area contributed by atoms with Crippen LogP contribution >= 0.6 is 0 Å². The normalized spacial score (nSPS) is 22.2. The quantitative estimate of drug-likeness (QED) is 0.532. The number of nitrogens with zero attached hydrogens (tertiary/aromatic N) is 4. The minimum absolute atomic E-state index is 0.269. The van der Waals surface area contributed by atoms with Gasteiger partial charge in [0.05, 0.1) is 18.8 Å². The first kappa shape index (κ1) is 18.1. The van der Waals surface area contributed by atoms with Gasteiger partial charge in [-0.2, -0.15) is 0 Å². The van der Waals surface area contributed by atoms with E-state index >= 15 is 0 Å². The number of nitrogens with one attached hydrogen (secondary N) is 2. The molecule has 0 spiro atoms. The molecule has 3 rings (SSSR count). The summed E-state index contributed by atoms with van der Waals surface area (Å²) in [5.41, 5.74) is 0. The summed E-state index contributed by atoms with van der Waals surface area (Å²) in [5.74, 6) is 3.21. The predicted octanol–water partition coefficient (Wildman–Crippen LogP) is 0.763. The van der Waals surface area contributed by atoms with Gasteiger partial charge in [-0.3, -0.25) is 0 Å². The zero-order valence-corrected chi connectivity index (χ0v) is 15.5. The van der Waals surface area contributed by atoms with Gasteiger partial charge in [-0.05, 0) is 38.5 Å². The Labute approximate surface area is 149 Å². The summed E-state index contributed by atoms with van der Waals surface area (Å²) in [6.07, 6.45) is 5.02. The summed E-state index contributed by atoms with van der Waals surface area (Å²) >= 11 is 0. The molecule has 2 unspecified atom stereocenters. The van der Waals surface area contributed by atoms with Crippen molar-refractivity contribution in [2.24, 2.45) is 18.0 Å². The molecule has 2 heterocycles. The van der Waals surface area contributed by atoms with Gasteiger partial charge in [-0.1, -0.05) is 0 Å². The first-order valence-corrected chi connectivity index (χ1v) is 9.17. The Morgan fingerprint density at radius 2 is 2.24 bits per heavy atom. The lowest BCUT2D eigenvalue weighted by atomic mass is 10.2. The van der Waals surface area contributed by atoms with Crippen LogP contribution in [0.25, 0.3) is 0 Å². The van der Waals surface area contributed by atoms with Gasteiger partial charge in [0.1, 0.15) is 12.4 Å². The van der Waals surface area contributed by atoms with E-state index in [9.17, 15) is 0 Å². The Bertz CT molecular complexity index is 578. The molecule has 2 atom stereocenters. The van der Waals surface area contributed by atoms with E-state index in [2.05, 4.69) is 20.8 Å². The largest absolute Gasteiger partial charge is 0.383 e. The third-order valence-electron chi connectivity index (χ3n) is 4.94. The topological polar surface area (TPSA) is 85.6 Å². The summed E-state index contributed by atoms with van der Waals surface area (Å²) in [5, 5.41) is 15.3. The van der Waals surface area contributed by atoms with Crippen LogP contribution in [0.15, 0.2) is 4.99 Å². The van der Waals surface area contributed by atoms with Gasteiger partial charge in [-0.25, -0.2) is 4.99 Å². The van der Waals surface area contributed by atoms with Gasteiger partial charge in [0, 0.05) is 27.3 Å². The molecule has 8 heteroatoms. The number of hydrogen-bond acceptors (Lipinski definition) is 5. The van der Waals surface area contributed by atoms with E-state index in [0.29, 0.717) is 25.1 Å². The Balaban J connectivity index is 1.63. The lowest BCUT2D eigenvalue weighted by Gasteiger charge is -2.22. The smallest absolute Gasteiger partial charge is 0.192 e. The van der Waals surface area contributed by atoms with E-state index in [1.165, 1.54) is 12.8 Å². The van der Waals surface area contributed by atoms with Gasteiger partial charge in [-0.15, -0.1) is 10.2 Å². The van der Waals surface area contributed by atoms with Crippen LogP contribution in [0.4, 0.5) is 0 Å². The van der Waals surface area contributed by atoms with Crippen molar-refractivity contribution in [3.8, 4) is 0 Å². The van der Waals surface area contributed by atoms with E-state index in [0.717, 1.165) is 43.6 Å². The molecule has 2 fully saturated rings. The Kier molecular flexibility index (Phi) is 6.25. The molecule has 1 saturated carbocycles. The standard InChI is InChI=1S/C17H30N6O2/c1-12-21-22-16(23(12)2)10-19-17(18-9-14-5-4-8-25-14)20-15(11-24-3)13-6-7-13/h13-15H,4-11H2,1-3H3,(H2,18,19,20). The highest BCUT2D eigenvalue weighted by molar-refractivity contribution is 5.80. The van der Waals surface area contributed by atoms with Crippen molar-refractivity contribution >= 4 is 5.96 Å². The van der Waals surface area contributed by atoms with Crippen LogP contribution in [0.2, 0.25) is 0 Å². The molecule has 1 aromatic heterocycles. The minimum atomic E-state index is 0.269. The molecule has 0 bridgehead atoms. The fourth-order valence-electron chi connectivity index (χ4n) is 3.06. The average molecular weight is 350 g/mol. The highest BCUT2D eigenvalue weighted by atomic mass is 16.5. The van der Waals surface area contributed by atoms with Gasteiger partial charge >= 0.3 is 0 Å². The molecule has 0 amide bonds. The highest BCUT2D eigenvalue weighted by Gasteiger charge is 2.32. The maximum absolute atomic E-state index is 5.70. The Hall–Kier alpha value is -1.67. The summed E-state index contributed by atoms with van der Waals surface area (Å²) < 4.78 is 13.0. The van der Waals surface area contributed by atoms with E-state index in [-0.39, 0.29) is 6.10 Å². The summed E-state index contributed by atoms with van der Waals surface area (Å²) in [6, 6.07) is 0.293. The third-order valence-corrected chi connectivity index (χ3v) is 4.94. The van der Waals surface area contributed by atoms with Crippen molar-refractivity contribution in [3.05, 3.63) is 11.6 Å². The second-order valence-electron chi connectivity index (χ2n) is 6.95. The Morgan fingerprint density at radius 1 is 1.40 bits per heavy atom. The molecule has 140 valence electrons. The lowest BCUT2D eigenvalue weighted by molar-refractivity contribution is 0.113. The molecule has 1 aliphatic carbocycles. The second-order valence-corrected chi connectivity index (χ2v) is 6.95. The molecular weight excluding hydrogens is 320 g/mol. The lowest BCUT2D eigenvalue weighted by Crippen LogP contribution is -2.48. The number of aliphatic imine (C=N–C) groups is 1. The van der Waals surface area contributed by atoms with E-state index in [4.69, 9.17) is 14.5 Å². The predicted molar refractivity (Wildman–Crippen MR) is 95.4 cm³/mol. The zero-order valence-electron chi connectivity index (χ0n) is 15.5. The maximum Gasteiger partial charge on any atom is 0.192 e. The van der Waals surface area contributed by atoms with Crippen molar-refractivity contribution in [3.63, 3.8) is 0 Å². The molecule has 1 aromatic rings. The number of hydrogen-bond donors (Lipinski definition) is 2. The van der Waals surface area contributed by atoms with Crippen molar-refractivity contribution < 1.29 is 9.47 Å². The molecule has 1 saturated heterocycles. The summed E-state index contributed by atoms with van der Waals surface area (Å²) in [7, 11) is 3.71. The van der Waals surface area contributed by atoms with Crippen LogP contribution < -0.4 is 10.6 Å². The monoisotopic (exact) mass is 350 g/mol. The number of rotatable bonds is 8. The van der Waals surface area contributed by atoms with Crippen molar-refractivity contribution in [1.29, 1.82) is 0 Å². The number of aryl methyl sites for hydroxylation is 1. The molecule has 2 aliphatic rings. The number of methoxy groups -OCH3 is 1. The summed E-state index contributed by atoms with van der Waals surface area (Å²) in [6.45, 7) is 4.75. The third kappa shape index (κ3) is 5.15. The van der Waals surface area contributed by atoms with Gasteiger partial charge in [0.15, 0.2) is 11.8 Å². The van der Waals surface area contributed by atoms with Crippen molar-refractivity contribution in [1.82, 2.24) is 25.4 Å². The molecule has 25 heavy (non-hydrogen) atoms. The van der Waals surface area contributed by atoms with E-state index < -0.39 is 0 Å². The van der Waals surface area contributed by atoms with Crippen LogP contribution in [-0.4, -0.2) is 59.7 Å². The first-order chi connectivity index (χ1) is 12.2. The van der Waals surface area contributed by atoms with Crippen molar-refractivity contribution in [2.45, 2.75) is 51.3 Å². The minimum Gasteiger partial charge on any atom is -0.383 e. The fraction of sp³-hybridized carbons (Fsp3) is 0.824. The number of ether oxygens (including phenoxy) is 2. The van der Waals surface area contributed by atoms with Crippen LogP contribution in [0, 0.1) is 12.8 Å². The number of guanidine groups is 1. The fourth-order valence-corrected chi connectivity index (χ4v) is 3.06. The summed E-state index contributed by atoms with van der Waals surface area (Å²) in [4.78, 5) is 4.72. The second kappa shape index (κ2) is 8.62. The van der Waals surface area contributed by atoms with Gasteiger partial charge < -0.3 is 24.7 Å². The van der Waals surface area contributed by atoms with Crippen LogP contribution in [0.1, 0.15) is 37.3 Å².